The molecule has 0 spiro atoms. The van der Waals surface area contributed by atoms with Crippen LogP contribution in [0.4, 0.5) is 11.4 Å². The molecule has 2 aromatic heterocycles. The molecule has 0 unspecified atom stereocenters. The number of aromatic amines is 1. The van der Waals surface area contributed by atoms with Crippen molar-refractivity contribution in [3.63, 3.8) is 0 Å². The number of fused-ring (bicyclic) bond motifs is 3. The first-order valence-corrected chi connectivity index (χ1v) is 7.82. The third-order valence-electron chi connectivity index (χ3n) is 4.17. The molecule has 0 radical (unpaired) electrons. The van der Waals surface area contributed by atoms with E-state index in [-0.39, 0.29) is 5.56 Å². The first-order chi connectivity index (χ1) is 12.3. The van der Waals surface area contributed by atoms with Gasteiger partial charge in [-0.1, -0.05) is 18.2 Å². The smallest absolute Gasteiger partial charge is 0.257 e. The van der Waals surface area contributed by atoms with Gasteiger partial charge in [0.1, 0.15) is 11.3 Å². The molecular formula is C19H14N4O2. The van der Waals surface area contributed by atoms with Gasteiger partial charge in [-0.3, -0.25) is 4.79 Å². The summed E-state index contributed by atoms with van der Waals surface area (Å²) in [7, 11) is 0. The van der Waals surface area contributed by atoms with Crippen LogP contribution in [0.3, 0.4) is 0 Å². The number of benzene rings is 2. The number of anilines is 1. The first-order valence-electron chi connectivity index (χ1n) is 7.82. The molecule has 0 atom stereocenters. The van der Waals surface area contributed by atoms with E-state index in [1.54, 1.807) is 24.4 Å². The number of hydrogen-bond donors (Lipinski definition) is 2. The number of hydrogen-bond acceptors (Lipinski definition) is 5. The van der Waals surface area contributed by atoms with E-state index in [1.165, 1.54) is 0 Å². The summed E-state index contributed by atoms with van der Waals surface area (Å²) in [5.74, 6) is 0. The molecule has 0 aliphatic heterocycles. The van der Waals surface area contributed by atoms with Crippen molar-refractivity contribution in [2.75, 3.05) is 5.32 Å². The molecule has 0 amide bonds. The molecule has 0 fully saturated rings. The van der Waals surface area contributed by atoms with Crippen LogP contribution in [-0.2, 0) is 6.54 Å². The van der Waals surface area contributed by atoms with Crippen LogP contribution in [-0.4, -0.2) is 9.97 Å². The SMILES string of the molecule is O=Nc1ccccc1CNc1ccc2c(=O)[nH]c3ncccc3c2c1. The molecule has 2 heterocycles. The molecule has 6 nitrogen and oxygen atoms in total. The highest BCUT2D eigenvalue weighted by molar-refractivity contribution is 6.05. The Labute approximate surface area is 142 Å². The van der Waals surface area contributed by atoms with Crippen molar-refractivity contribution >= 4 is 33.2 Å². The molecule has 4 aromatic rings. The van der Waals surface area contributed by atoms with Crippen molar-refractivity contribution < 1.29 is 0 Å². The minimum atomic E-state index is -0.164. The molecule has 2 N–H and O–H groups in total. The van der Waals surface area contributed by atoms with Gasteiger partial charge in [-0.15, -0.1) is 4.91 Å². The van der Waals surface area contributed by atoms with E-state index in [4.69, 9.17) is 0 Å². The molecular weight excluding hydrogens is 316 g/mol. The second-order valence-electron chi connectivity index (χ2n) is 5.69. The maximum atomic E-state index is 12.2. The van der Waals surface area contributed by atoms with Crippen molar-refractivity contribution in [3.05, 3.63) is 81.6 Å². The van der Waals surface area contributed by atoms with Crippen molar-refractivity contribution in [1.82, 2.24) is 9.97 Å². The number of pyridine rings is 2. The van der Waals surface area contributed by atoms with Crippen LogP contribution >= 0.6 is 0 Å². The zero-order valence-corrected chi connectivity index (χ0v) is 13.2. The van der Waals surface area contributed by atoms with Crippen LogP contribution in [0.1, 0.15) is 5.56 Å². The fourth-order valence-electron chi connectivity index (χ4n) is 2.92. The topological polar surface area (TPSA) is 87.2 Å². The molecule has 122 valence electrons. The highest BCUT2D eigenvalue weighted by Crippen LogP contribution is 2.24. The van der Waals surface area contributed by atoms with Gasteiger partial charge in [0.05, 0.1) is 0 Å². The van der Waals surface area contributed by atoms with Crippen LogP contribution in [0.15, 0.2) is 70.8 Å². The Morgan fingerprint density at radius 2 is 1.88 bits per heavy atom. The fourth-order valence-corrected chi connectivity index (χ4v) is 2.92. The summed E-state index contributed by atoms with van der Waals surface area (Å²) in [5.41, 5.74) is 2.48. The number of aromatic nitrogens is 2. The maximum Gasteiger partial charge on any atom is 0.257 e. The van der Waals surface area contributed by atoms with Crippen molar-refractivity contribution in [2.24, 2.45) is 5.18 Å². The van der Waals surface area contributed by atoms with Gasteiger partial charge >= 0.3 is 0 Å². The molecule has 6 heteroatoms. The van der Waals surface area contributed by atoms with Gasteiger partial charge in [0.15, 0.2) is 0 Å². The monoisotopic (exact) mass is 330 g/mol. The summed E-state index contributed by atoms with van der Waals surface area (Å²) >= 11 is 0. The summed E-state index contributed by atoms with van der Waals surface area (Å²) in [5, 5.41) is 8.65. The normalized spacial score (nSPS) is 10.9. The zero-order valence-electron chi connectivity index (χ0n) is 13.2. The van der Waals surface area contributed by atoms with Crippen molar-refractivity contribution in [1.29, 1.82) is 0 Å². The minimum absolute atomic E-state index is 0.164. The fraction of sp³-hybridized carbons (Fsp3) is 0.0526. The largest absolute Gasteiger partial charge is 0.381 e. The Bertz CT molecular complexity index is 1150. The quantitative estimate of drug-likeness (QED) is 0.436. The Balaban J connectivity index is 1.75. The van der Waals surface area contributed by atoms with Crippen molar-refractivity contribution in [2.45, 2.75) is 6.54 Å². The van der Waals surface area contributed by atoms with Crippen LogP contribution in [0.2, 0.25) is 0 Å². The second-order valence-corrected chi connectivity index (χ2v) is 5.69. The van der Waals surface area contributed by atoms with Gasteiger partial charge in [-0.05, 0) is 41.6 Å². The third kappa shape index (κ3) is 2.74. The predicted molar refractivity (Wildman–Crippen MR) is 99.1 cm³/mol. The lowest BCUT2D eigenvalue weighted by atomic mass is 10.1. The lowest BCUT2D eigenvalue weighted by Crippen LogP contribution is -2.07. The first kappa shape index (κ1) is 15.0. The summed E-state index contributed by atoms with van der Waals surface area (Å²) in [6.45, 7) is 0.465. The van der Waals surface area contributed by atoms with E-state index >= 15 is 0 Å². The van der Waals surface area contributed by atoms with E-state index in [2.05, 4.69) is 20.5 Å². The molecule has 0 aliphatic carbocycles. The highest BCUT2D eigenvalue weighted by atomic mass is 16.3. The standard InChI is InChI=1S/C19H14N4O2/c24-19-15-8-7-13(21-11-12-4-1-2-6-17(12)23-25)10-16(15)14-5-3-9-20-18(14)22-19/h1-10,21H,11H2,(H,20,22,24). The molecule has 2 aromatic carbocycles. The third-order valence-corrected chi connectivity index (χ3v) is 4.17. The van der Waals surface area contributed by atoms with Gasteiger partial charge in [-0.2, -0.15) is 0 Å². The molecule has 0 saturated heterocycles. The molecule has 4 rings (SSSR count). The van der Waals surface area contributed by atoms with E-state index in [0.717, 1.165) is 22.0 Å². The summed E-state index contributed by atoms with van der Waals surface area (Å²) in [6.07, 6.45) is 1.65. The number of rotatable bonds is 4. The van der Waals surface area contributed by atoms with Gasteiger partial charge in [0, 0.05) is 40.2 Å². The van der Waals surface area contributed by atoms with Gasteiger partial charge < -0.3 is 10.3 Å². The number of H-pyrrole nitrogens is 1. The molecule has 0 bridgehead atoms. The van der Waals surface area contributed by atoms with Gasteiger partial charge in [0.25, 0.3) is 5.56 Å². The second kappa shape index (κ2) is 6.16. The van der Waals surface area contributed by atoms with Crippen LogP contribution in [0.25, 0.3) is 21.8 Å². The van der Waals surface area contributed by atoms with Gasteiger partial charge in [0.2, 0.25) is 0 Å². The minimum Gasteiger partial charge on any atom is -0.381 e. The Hall–Kier alpha value is -3.54. The van der Waals surface area contributed by atoms with E-state index < -0.39 is 0 Å². The van der Waals surface area contributed by atoms with Crippen LogP contribution in [0.5, 0.6) is 0 Å². The number of nitrogens with zero attached hydrogens (tertiary/aromatic N) is 2. The molecule has 25 heavy (non-hydrogen) atoms. The predicted octanol–water partition coefficient (Wildman–Crippen LogP) is 4.09. The lowest BCUT2D eigenvalue weighted by Gasteiger charge is -2.10. The van der Waals surface area contributed by atoms with Crippen LogP contribution in [0, 0.1) is 4.91 Å². The average Bonchev–Trinajstić information content (AvgIpc) is 2.66. The summed E-state index contributed by atoms with van der Waals surface area (Å²) < 4.78 is 0. The van der Waals surface area contributed by atoms with Crippen LogP contribution < -0.4 is 10.9 Å². The maximum absolute atomic E-state index is 12.2. The zero-order chi connectivity index (χ0) is 17.2. The van der Waals surface area contributed by atoms with E-state index in [1.807, 2.05) is 36.4 Å². The molecule has 0 saturated carbocycles. The van der Waals surface area contributed by atoms with E-state index in [0.29, 0.717) is 23.3 Å². The van der Waals surface area contributed by atoms with Gasteiger partial charge in [-0.25, -0.2) is 4.98 Å². The molecule has 0 aliphatic rings. The lowest BCUT2D eigenvalue weighted by molar-refractivity contribution is 1.14. The Kier molecular flexibility index (Phi) is 3.70. The highest BCUT2D eigenvalue weighted by Gasteiger charge is 2.07. The average molecular weight is 330 g/mol. The Morgan fingerprint density at radius 3 is 2.76 bits per heavy atom. The number of nitrogens with one attached hydrogen (secondary N) is 2. The van der Waals surface area contributed by atoms with Crippen molar-refractivity contribution in [3.8, 4) is 0 Å². The summed E-state index contributed by atoms with van der Waals surface area (Å²) in [6, 6.07) is 16.5. The number of nitroso groups, excluding NO2 is 1. The summed E-state index contributed by atoms with van der Waals surface area (Å²) in [4.78, 5) is 30.1. The Morgan fingerprint density at radius 1 is 1.00 bits per heavy atom. The van der Waals surface area contributed by atoms with E-state index in [9.17, 15) is 9.70 Å².